The molecule has 0 fully saturated rings. The summed E-state index contributed by atoms with van der Waals surface area (Å²) in [6.07, 6.45) is -9.16. The number of hydrogen-bond acceptors (Lipinski definition) is 2. The molecule has 0 saturated carbocycles. The molecule has 21 heavy (non-hydrogen) atoms. The van der Waals surface area contributed by atoms with Gasteiger partial charge in [0.15, 0.2) is 0 Å². The predicted molar refractivity (Wildman–Crippen MR) is 60.1 cm³/mol. The van der Waals surface area contributed by atoms with E-state index in [1.165, 1.54) is 6.07 Å². The average molecular weight is 315 g/mol. The van der Waals surface area contributed by atoms with Crippen molar-refractivity contribution in [2.45, 2.75) is 25.1 Å². The summed E-state index contributed by atoms with van der Waals surface area (Å²) in [4.78, 5) is 3.17. The zero-order valence-corrected chi connectivity index (χ0v) is 10.1. The van der Waals surface area contributed by atoms with Crippen LogP contribution >= 0.6 is 0 Å². The van der Waals surface area contributed by atoms with Crippen molar-refractivity contribution >= 4 is 16.7 Å². The lowest BCUT2D eigenvalue weighted by Crippen LogP contribution is -2.33. The van der Waals surface area contributed by atoms with Crippen LogP contribution in [0.4, 0.5) is 36.4 Å². The van der Waals surface area contributed by atoms with Crippen LogP contribution in [0.25, 0.3) is 11.0 Å². The van der Waals surface area contributed by atoms with E-state index in [1.54, 1.807) is 0 Å². The van der Waals surface area contributed by atoms with Gasteiger partial charge in [0.05, 0.1) is 17.6 Å². The van der Waals surface area contributed by atoms with Crippen LogP contribution in [0.3, 0.4) is 0 Å². The molecule has 0 spiro atoms. The number of fused-ring (bicyclic) bond motifs is 1. The molecule has 1 heterocycles. The van der Waals surface area contributed by atoms with E-state index in [0.29, 0.717) is 0 Å². The second-order valence-corrected chi connectivity index (χ2v) is 4.33. The van der Waals surface area contributed by atoms with Crippen LogP contribution in [0.5, 0.6) is 0 Å². The Morgan fingerprint density at radius 3 is 2.29 bits per heavy atom. The molecule has 0 unspecified atom stereocenters. The maximum absolute atomic E-state index is 13.1. The Hall–Kier alpha value is -2.00. The average Bonchev–Trinajstić information content (AvgIpc) is 2.66. The van der Waals surface area contributed by atoms with Gasteiger partial charge >= 0.3 is 18.5 Å². The highest BCUT2D eigenvalue weighted by molar-refractivity contribution is 5.79. The standard InChI is InChI=1S/C11H8F7N3/c12-8(13)10(14,15)4-21-7-2-1-5(19)3-6(7)20-9(21)11(16,17)18/h1-3,8H,4,19H2. The van der Waals surface area contributed by atoms with Crippen LogP contribution < -0.4 is 5.73 Å². The monoisotopic (exact) mass is 315 g/mol. The van der Waals surface area contributed by atoms with Crippen LogP contribution in [0, 0.1) is 0 Å². The molecule has 0 aliphatic heterocycles. The summed E-state index contributed by atoms with van der Waals surface area (Å²) in [5, 5.41) is 0. The number of benzene rings is 1. The second-order valence-electron chi connectivity index (χ2n) is 4.33. The number of hydrogen-bond donors (Lipinski definition) is 1. The number of aromatic nitrogens is 2. The van der Waals surface area contributed by atoms with Gasteiger partial charge < -0.3 is 10.3 Å². The molecule has 0 saturated heterocycles. The number of halogens is 7. The SMILES string of the molecule is Nc1ccc2c(c1)nc(C(F)(F)F)n2CC(F)(F)C(F)F. The van der Waals surface area contributed by atoms with E-state index in [-0.39, 0.29) is 21.3 Å². The van der Waals surface area contributed by atoms with Crippen LogP contribution in [0.15, 0.2) is 18.2 Å². The fourth-order valence-corrected chi connectivity index (χ4v) is 1.80. The molecular formula is C11H8F7N3. The third kappa shape index (κ3) is 2.88. The Morgan fingerprint density at radius 1 is 1.14 bits per heavy atom. The van der Waals surface area contributed by atoms with E-state index in [2.05, 4.69) is 4.98 Å². The highest BCUT2D eigenvalue weighted by Crippen LogP contribution is 2.35. The van der Waals surface area contributed by atoms with Gasteiger partial charge in [0, 0.05) is 5.69 Å². The normalized spacial score (nSPS) is 13.3. The molecule has 0 radical (unpaired) electrons. The zero-order chi connectivity index (χ0) is 16.0. The van der Waals surface area contributed by atoms with Gasteiger partial charge in [-0.2, -0.15) is 22.0 Å². The lowest BCUT2D eigenvalue weighted by molar-refractivity contribution is -0.158. The van der Waals surface area contributed by atoms with Gasteiger partial charge in [-0.25, -0.2) is 13.8 Å². The van der Waals surface area contributed by atoms with E-state index in [1.807, 2.05) is 0 Å². The molecule has 1 aromatic carbocycles. The Balaban J connectivity index is 2.64. The summed E-state index contributed by atoms with van der Waals surface area (Å²) in [6, 6.07) is 3.23. The van der Waals surface area contributed by atoms with Crippen molar-refractivity contribution < 1.29 is 30.7 Å². The Labute approximate surface area is 113 Å². The topological polar surface area (TPSA) is 43.8 Å². The summed E-state index contributed by atoms with van der Waals surface area (Å²) in [5.41, 5.74) is 4.79. The zero-order valence-electron chi connectivity index (χ0n) is 10.1. The van der Waals surface area contributed by atoms with E-state index in [9.17, 15) is 30.7 Å². The number of rotatable bonds is 3. The molecule has 0 amide bonds. The summed E-state index contributed by atoms with van der Waals surface area (Å²) in [6.45, 7) is -1.83. The molecular weight excluding hydrogens is 307 g/mol. The molecule has 1 aromatic heterocycles. The van der Waals surface area contributed by atoms with Crippen molar-refractivity contribution in [3.63, 3.8) is 0 Å². The number of alkyl halides is 7. The van der Waals surface area contributed by atoms with Gasteiger partial charge in [-0.3, -0.25) is 0 Å². The quantitative estimate of drug-likeness (QED) is 0.695. The third-order valence-corrected chi connectivity index (χ3v) is 2.71. The first-order chi connectivity index (χ1) is 9.52. The van der Waals surface area contributed by atoms with E-state index < -0.39 is 30.9 Å². The molecule has 0 aliphatic carbocycles. The number of imidazole rings is 1. The molecule has 3 nitrogen and oxygen atoms in total. The van der Waals surface area contributed by atoms with Crippen LogP contribution in [0.1, 0.15) is 5.82 Å². The predicted octanol–water partition coefficient (Wildman–Crippen LogP) is 3.54. The molecule has 0 atom stereocenters. The number of anilines is 1. The molecule has 2 rings (SSSR count). The largest absolute Gasteiger partial charge is 0.449 e. The van der Waals surface area contributed by atoms with Gasteiger partial charge in [-0.15, -0.1) is 0 Å². The Bertz CT molecular complexity index is 660. The number of nitrogen functional groups attached to an aromatic ring is 1. The van der Waals surface area contributed by atoms with Gasteiger partial charge in [0.1, 0.15) is 0 Å². The molecule has 2 N–H and O–H groups in total. The third-order valence-electron chi connectivity index (χ3n) is 2.71. The van der Waals surface area contributed by atoms with Crippen LogP contribution in [-0.2, 0) is 12.7 Å². The maximum atomic E-state index is 13.1. The Kier molecular flexibility index (Phi) is 3.50. The molecule has 116 valence electrons. The van der Waals surface area contributed by atoms with Crippen molar-refractivity contribution in [1.82, 2.24) is 9.55 Å². The van der Waals surface area contributed by atoms with Crippen molar-refractivity contribution in [3.8, 4) is 0 Å². The minimum atomic E-state index is -5.06. The van der Waals surface area contributed by atoms with E-state index in [4.69, 9.17) is 5.73 Å². The summed E-state index contributed by atoms with van der Waals surface area (Å²) in [5.74, 6) is -6.29. The fourth-order valence-electron chi connectivity index (χ4n) is 1.80. The smallest absolute Gasteiger partial charge is 0.399 e. The van der Waals surface area contributed by atoms with Crippen LogP contribution in [0.2, 0.25) is 0 Å². The van der Waals surface area contributed by atoms with E-state index >= 15 is 0 Å². The molecule has 10 heteroatoms. The number of nitrogens with zero attached hydrogens (tertiary/aromatic N) is 2. The minimum Gasteiger partial charge on any atom is -0.399 e. The first kappa shape index (κ1) is 15.4. The van der Waals surface area contributed by atoms with Crippen molar-refractivity contribution in [2.75, 3.05) is 5.73 Å². The fraction of sp³-hybridized carbons (Fsp3) is 0.364. The highest BCUT2D eigenvalue weighted by Gasteiger charge is 2.45. The maximum Gasteiger partial charge on any atom is 0.449 e. The molecule has 0 bridgehead atoms. The summed E-state index contributed by atoms with van der Waals surface area (Å²) in [7, 11) is 0. The summed E-state index contributed by atoms with van der Waals surface area (Å²) < 4.78 is 89.1. The Morgan fingerprint density at radius 2 is 1.76 bits per heavy atom. The first-order valence-corrected chi connectivity index (χ1v) is 5.51. The van der Waals surface area contributed by atoms with Crippen molar-refractivity contribution in [1.29, 1.82) is 0 Å². The van der Waals surface area contributed by atoms with Crippen LogP contribution in [-0.4, -0.2) is 21.9 Å². The molecule has 2 aromatic rings. The van der Waals surface area contributed by atoms with Gasteiger partial charge in [0.25, 0.3) is 0 Å². The lowest BCUT2D eigenvalue weighted by atomic mass is 10.2. The lowest BCUT2D eigenvalue weighted by Gasteiger charge is -2.18. The van der Waals surface area contributed by atoms with Gasteiger partial charge in [0.2, 0.25) is 5.82 Å². The van der Waals surface area contributed by atoms with Crippen molar-refractivity contribution in [3.05, 3.63) is 24.0 Å². The van der Waals surface area contributed by atoms with Crippen molar-refractivity contribution in [2.24, 2.45) is 0 Å². The van der Waals surface area contributed by atoms with Gasteiger partial charge in [-0.1, -0.05) is 0 Å². The molecule has 0 aliphatic rings. The minimum absolute atomic E-state index is 0.0287. The highest BCUT2D eigenvalue weighted by atomic mass is 19.4. The van der Waals surface area contributed by atoms with E-state index in [0.717, 1.165) is 12.1 Å². The first-order valence-electron chi connectivity index (χ1n) is 5.51. The van der Waals surface area contributed by atoms with Gasteiger partial charge in [-0.05, 0) is 18.2 Å². The number of nitrogens with two attached hydrogens (primary N) is 1. The second kappa shape index (κ2) is 4.78. The summed E-state index contributed by atoms with van der Waals surface area (Å²) >= 11 is 0.